The molecule has 0 aromatic carbocycles. The Morgan fingerprint density at radius 1 is 1.15 bits per heavy atom. The molecule has 1 aliphatic heterocycles. The second-order valence-electron chi connectivity index (χ2n) is 9.84. The Labute approximate surface area is 161 Å². The molecule has 6 rings (SSSR count). The first-order chi connectivity index (χ1) is 13.1. The number of hydrogen-bond acceptors (Lipinski definition) is 4. The molecule has 4 saturated carbocycles. The standard InChI is InChI=1S/C21H32N4O2/c1-14-23-19(27-24-14)18-2-6-25(7-3-18)20(26)22-5-4-21-11-15-8-16(12-21)10-17(9-15)13-21/h15-18H,2-13H2,1H3,(H,22,26). The van der Waals surface area contributed by atoms with Crippen LogP contribution in [0.15, 0.2) is 4.52 Å². The molecular weight excluding hydrogens is 340 g/mol. The highest BCUT2D eigenvalue weighted by molar-refractivity contribution is 5.74. The number of nitrogens with zero attached hydrogens (tertiary/aromatic N) is 3. The molecule has 0 radical (unpaired) electrons. The van der Waals surface area contributed by atoms with Crippen molar-refractivity contribution in [1.29, 1.82) is 0 Å². The smallest absolute Gasteiger partial charge is 0.317 e. The van der Waals surface area contributed by atoms with Crippen molar-refractivity contribution in [1.82, 2.24) is 20.4 Å². The number of likely N-dealkylation sites (tertiary alicyclic amines) is 1. The van der Waals surface area contributed by atoms with Crippen molar-refractivity contribution in [3.63, 3.8) is 0 Å². The van der Waals surface area contributed by atoms with E-state index in [9.17, 15) is 4.79 Å². The highest BCUT2D eigenvalue weighted by Gasteiger charge is 2.50. The van der Waals surface area contributed by atoms with Crippen LogP contribution in [-0.2, 0) is 0 Å². The minimum absolute atomic E-state index is 0.111. The van der Waals surface area contributed by atoms with Crippen molar-refractivity contribution in [3.05, 3.63) is 11.7 Å². The van der Waals surface area contributed by atoms with Gasteiger partial charge in [-0.25, -0.2) is 4.79 Å². The van der Waals surface area contributed by atoms with Crippen LogP contribution in [0.4, 0.5) is 4.79 Å². The fourth-order valence-electron chi connectivity index (χ4n) is 6.95. The molecule has 4 aliphatic carbocycles. The number of piperidine rings is 1. The van der Waals surface area contributed by atoms with Crippen LogP contribution in [0.1, 0.15) is 75.4 Å². The summed E-state index contributed by atoms with van der Waals surface area (Å²) in [6.45, 7) is 4.23. The lowest BCUT2D eigenvalue weighted by molar-refractivity contribution is -0.0564. The molecule has 4 bridgehead atoms. The van der Waals surface area contributed by atoms with Gasteiger partial charge >= 0.3 is 6.03 Å². The van der Waals surface area contributed by atoms with E-state index in [1.807, 2.05) is 11.8 Å². The number of aryl methyl sites for hydroxylation is 1. The topological polar surface area (TPSA) is 71.3 Å². The maximum atomic E-state index is 12.6. The molecule has 1 aromatic heterocycles. The van der Waals surface area contributed by atoms with Crippen molar-refractivity contribution in [3.8, 4) is 0 Å². The van der Waals surface area contributed by atoms with Crippen molar-refractivity contribution < 1.29 is 9.32 Å². The average molecular weight is 373 g/mol. The van der Waals surface area contributed by atoms with Gasteiger partial charge in [-0.1, -0.05) is 5.16 Å². The zero-order valence-corrected chi connectivity index (χ0v) is 16.5. The summed E-state index contributed by atoms with van der Waals surface area (Å²) in [5.74, 6) is 4.67. The zero-order valence-electron chi connectivity index (χ0n) is 16.5. The second kappa shape index (κ2) is 6.78. The maximum absolute atomic E-state index is 12.6. The van der Waals surface area contributed by atoms with Gasteiger partial charge in [-0.15, -0.1) is 0 Å². The lowest BCUT2D eigenvalue weighted by Gasteiger charge is -2.57. The summed E-state index contributed by atoms with van der Waals surface area (Å²) >= 11 is 0. The summed E-state index contributed by atoms with van der Waals surface area (Å²) in [6.07, 6.45) is 11.7. The fourth-order valence-corrected chi connectivity index (χ4v) is 6.95. The Morgan fingerprint density at radius 2 is 1.78 bits per heavy atom. The third kappa shape index (κ3) is 3.47. The van der Waals surface area contributed by atoms with Crippen LogP contribution in [0.25, 0.3) is 0 Å². The number of carbonyl (C=O) groups is 1. The third-order valence-electron chi connectivity index (χ3n) is 7.77. The van der Waals surface area contributed by atoms with Crippen LogP contribution in [0.3, 0.4) is 0 Å². The van der Waals surface area contributed by atoms with E-state index in [4.69, 9.17) is 4.52 Å². The van der Waals surface area contributed by atoms with Gasteiger partial charge in [0.1, 0.15) is 0 Å². The average Bonchev–Trinajstić information content (AvgIpc) is 3.07. The largest absolute Gasteiger partial charge is 0.339 e. The molecule has 6 nitrogen and oxygen atoms in total. The summed E-state index contributed by atoms with van der Waals surface area (Å²) in [4.78, 5) is 18.9. The summed E-state index contributed by atoms with van der Waals surface area (Å²) in [7, 11) is 0. The molecule has 1 aromatic rings. The number of aromatic nitrogens is 2. The first kappa shape index (κ1) is 17.5. The van der Waals surface area contributed by atoms with Crippen molar-refractivity contribution in [2.75, 3.05) is 19.6 Å². The molecule has 1 saturated heterocycles. The Kier molecular flexibility index (Phi) is 4.40. The molecule has 1 N–H and O–H groups in total. The zero-order chi connectivity index (χ0) is 18.4. The summed E-state index contributed by atoms with van der Waals surface area (Å²) in [6, 6.07) is 0.111. The molecule has 0 atom stereocenters. The number of carbonyl (C=O) groups excluding carboxylic acids is 1. The summed E-state index contributed by atoms with van der Waals surface area (Å²) in [5, 5.41) is 7.11. The van der Waals surface area contributed by atoms with Crippen molar-refractivity contribution in [2.45, 2.75) is 70.6 Å². The second-order valence-corrected chi connectivity index (χ2v) is 9.84. The SMILES string of the molecule is Cc1noc(C2CCN(C(=O)NCCC34CC5CC(CC(C5)C3)C4)CC2)n1. The van der Waals surface area contributed by atoms with Crippen LogP contribution in [0.5, 0.6) is 0 Å². The molecule has 0 unspecified atom stereocenters. The van der Waals surface area contributed by atoms with E-state index in [0.717, 1.165) is 56.1 Å². The van der Waals surface area contributed by atoms with Crippen LogP contribution in [-0.4, -0.2) is 40.7 Å². The van der Waals surface area contributed by atoms with E-state index in [1.165, 1.54) is 44.9 Å². The highest BCUT2D eigenvalue weighted by atomic mass is 16.5. The minimum Gasteiger partial charge on any atom is -0.339 e. The third-order valence-corrected chi connectivity index (χ3v) is 7.77. The molecule has 148 valence electrons. The molecule has 2 heterocycles. The van der Waals surface area contributed by atoms with E-state index in [2.05, 4.69) is 15.5 Å². The maximum Gasteiger partial charge on any atom is 0.317 e. The molecular formula is C21H32N4O2. The van der Waals surface area contributed by atoms with Gasteiger partial charge in [-0.2, -0.15) is 4.98 Å². The summed E-state index contributed by atoms with van der Waals surface area (Å²) < 4.78 is 5.30. The van der Waals surface area contributed by atoms with Gasteiger partial charge in [0.05, 0.1) is 0 Å². The number of hydrogen-bond donors (Lipinski definition) is 1. The van der Waals surface area contributed by atoms with Crippen molar-refractivity contribution in [2.24, 2.45) is 23.2 Å². The Bertz CT molecular complexity index is 657. The quantitative estimate of drug-likeness (QED) is 0.871. The first-order valence-corrected chi connectivity index (χ1v) is 10.9. The van der Waals surface area contributed by atoms with Crippen LogP contribution in [0.2, 0.25) is 0 Å². The Hall–Kier alpha value is -1.59. The van der Waals surface area contributed by atoms with Crippen LogP contribution in [0, 0.1) is 30.1 Å². The van der Waals surface area contributed by atoms with Crippen LogP contribution >= 0.6 is 0 Å². The molecule has 2 amide bonds. The number of urea groups is 1. The number of rotatable bonds is 4. The monoisotopic (exact) mass is 372 g/mol. The van der Waals surface area contributed by atoms with Crippen molar-refractivity contribution >= 4 is 6.03 Å². The predicted octanol–water partition coefficient (Wildman–Crippen LogP) is 3.87. The molecule has 6 heteroatoms. The number of amides is 2. The lowest BCUT2D eigenvalue weighted by atomic mass is 9.49. The van der Waals surface area contributed by atoms with Crippen LogP contribution < -0.4 is 5.32 Å². The van der Waals surface area contributed by atoms with Gasteiger partial charge in [-0.05, 0) is 87.9 Å². The summed E-state index contributed by atoms with van der Waals surface area (Å²) in [5.41, 5.74) is 0.546. The molecule has 5 fully saturated rings. The fraction of sp³-hybridized carbons (Fsp3) is 0.857. The van der Waals surface area contributed by atoms with Gasteiger partial charge < -0.3 is 14.7 Å². The van der Waals surface area contributed by atoms with E-state index >= 15 is 0 Å². The van der Waals surface area contributed by atoms with Gasteiger partial charge in [0, 0.05) is 25.6 Å². The van der Waals surface area contributed by atoms with E-state index < -0.39 is 0 Å². The highest BCUT2D eigenvalue weighted by Crippen LogP contribution is 2.61. The molecule has 0 spiro atoms. The first-order valence-electron chi connectivity index (χ1n) is 10.9. The van der Waals surface area contributed by atoms with Gasteiger partial charge in [0.15, 0.2) is 5.82 Å². The van der Waals surface area contributed by atoms with E-state index in [0.29, 0.717) is 17.2 Å². The molecule has 27 heavy (non-hydrogen) atoms. The van der Waals surface area contributed by atoms with Gasteiger partial charge in [-0.3, -0.25) is 0 Å². The molecule has 5 aliphatic rings. The van der Waals surface area contributed by atoms with Gasteiger partial charge in [0.25, 0.3) is 0 Å². The van der Waals surface area contributed by atoms with E-state index in [-0.39, 0.29) is 6.03 Å². The Balaban J connectivity index is 1.08. The lowest BCUT2D eigenvalue weighted by Crippen LogP contribution is -2.48. The predicted molar refractivity (Wildman–Crippen MR) is 101 cm³/mol. The van der Waals surface area contributed by atoms with Gasteiger partial charge in [0.2, 0.25) is 5.89 Å². The Morgan fingerprint density at radius 3 is 2.33 bits per heavy atom. The number of nitrogens with one attached hydrogen (secondary N) is 1. The normalized spacial score (nSPS) is 35.6. The minimum atomic E-state index is 0.111. The van der Waals surface area contributed by atoms with E-state index in [1.54, 1.807) is 0 Å².